The lowest BCUT2D eigenvalue weighted by Gasteiger charge is -1.99. The van der Waals surface area contributed by atoms with E-state index in [0.717, 1.165) is 15.4 Å². The monoisotopic (exact) mass is 423 g/mol. The second-order valence-electron chi connectivity index (χ2n) is 5.29. The zero-order chi connectivity index (χ0) is 17.0. The van der Waals surface area contributed by atoms with Gasteiger partial charge in [-0.1, -0.05) is 45.2 Å². The first-order chi connectivity index (χ1) is 11.5. The molecule has 0 bridgehead atoms. The number of aromatic nitrogens is 2. The van der Waals surface area contributed by atoms with Gasteiger partial charge in [-0.2, -0.15) is 0 Å². The fourth-order valence-electron chi connectivity index (χ4n) is 2.89. The van der Waals surface area contributed by atoms with Crippen molar-refractivity contribution in [1.29, 1.82) is 0 Å². The van der Waals surface area contributed by atoms with Crippen LogP contribution in [0.15, 0.2) is 40.0 Å². The van der Waals surface area contributed by atoms with Crippen LogP contribution in [0.4, 0.5) is 5.69 Å². The van der Waals surface area contributed by atoms with Gasteiger partial charge in [0.2, 0.25) is 0 Å². The summed E-state index contributed by atoms with van der Waals surface area (Å²) < 4.78 is 0.864. The molecule has 4 aromatic rings. The van der Waals surface area contributed by atoms with Crippen LogP contribution in [0.5, 0.6) is 5.88 Å². The third kappa shape index (κ3) is 2.22. The van der Waals surface area contributed by atoms with E-state index < -0.39 is 0 Å². The molecule has 8 heteroatoms. The second-order valence-corrected chi connectivity index (χ2v) is 7.05. The van der Waals surface area contributed by atoms with E-state index in [1.165, 1.54) is 0 Å². The first-order valence-electron chi connectivity index (χ1n) is 6.84. The van der Waals surface area contributed by atoms with Crippen molar-refractivity contribution in [3.8, 4) is 17.1 Å². The lowest BCUT2D eigenvalue weighted by molar-refractivity contribution is 0.460. The Morgan fingerprint density at radius 1 is 1.08 bits per heavy atom. The number of aromatic hydroxyl groups is 1. The summed E-state index contributed by atoms with van der Waals surface area (Å²) in [7, 11) is 0. The molecule has 0 aliphatic heterocycles. The molecule has 5 nitrogen and oxygen atoms in total. The highest BCUT2D eigenvalue weighted by molar-refractivity contribution is 9.10. The number of aromatic amines is 2. The van der Waals surface area contributed by atoms with Gasteiger partial charge in [0, 0.05) is 20.3 Å². The van der Waals surface area contributed by atoms with Gasteiger partial charge in [0.05, 0.1) is 27.3 Å². The summed E-state index contributed by atoms with van der Waals surface area (Å²) in [5.41, 5.74) is 2.24. The van der Waals surface area contributed by atoms with E-state index in [4.69, 9.17) is 23.2 Å². The zero-order valence-corrected chi connectivity index (χ0v) is 14.9. The molecule has 120 valence electrons. The van der Waals surface area contributed by atoms with Crippen molar-refractivity contribution >= 4 is 66.6 Å². The van der Waals surface area contributed by atoms with Gasteiger partial charge in [-0.3, -0.25) is 0 Å². The van der Waals surface area contributed by atoms with Crippen LogP contribution in [0.1, 0.15) is 0 Å². The second kappa shape index (κ2) is 5.51. The Balaban J connectivity index is 2.12. The maximum atomic E-state index is 11.5. The van der Waals surface area contributed by atoms with Crippen LogP contribution in [0.3, 0.4) is 0 Å². The van der Waals surface area contributed by atoms with E-state index in [-0.39, 0.29) is 11.6 Å². The minimum Gasteiger partial charge on any atom is -0.494 e. The van der Waals surface area contributed by atoms with Crippen LogP contribution in [0.2, 0.25) is 10.0 Å². The van der Waals surface area contributed by atoms with Crippen molar-refractivity contribution in [3.63, 3.8) is 0 Å². The van der Waals surface area contributed by atoms with Gasteiger partial charge in [-0.25, -0.2) is 0 Å². The number of nitroso groups, excluding NO2 is 1. The highest BCUT2D eigenvalue weighted by Crippen LogP contribution is 2.46. The maximum absolute atomic E-state index is 11.5. The Morgan fingerprint density at radius 3 is 2.62 bits per heavy atom. The summed E-state index contributed by atoms with van der Waals surface area (Å²) in [6.45, 7) is 0. The van der Waals surface area contributed by atoms with Crippen molar-refractivity contribution in [2.75, 3.05) is 0 Å². The molecule has 0 unspecified atom stereocenters. The Hall–Kier alpha value is -2.02. The molecular formula is C16H8BrCl2N3O2. The van der Waals surface area contributed by atoms with Crippen LogP contribution in [0.25, 0.3) is 33.1 Å². The van der Waals surface area contributed by atoms with Gasteiger partial charge in [-0.15, -0.1) is 4.91 Å². The molecule has 4 rings (SSSR count). The van der Waals surface area contributed by atoms with E-state index in [0.29, 0.717) is 32.2 Å². The lowest BCUT2D eigenvalue weighted by atomic mass is 10.1. The standard InChI is InChI=1S/C16H8BrCl2N3O2/c17-6-1-2-8-11(3-6)20-16(23)12(8)15-14(22-24)9-4-7(18)5-10(19)13(9)21-15/h1-5,20-21,23H. The topological polar surface area (TPSA) is 81.2 Å². The number of benzene rings is 2. The van der Waals surface area contributed by atoms with Crippen molar-refractivity contribution in [2.45, 2.75) is 0 Å². The third-order valence-corrected chi connectivity index (χ3v) is 4.89. The molecule has 2 aromatic carbocycles. The quantitative estimate of drug-likeness (QED) is 0.321. The first kappa shape index (κ1) is 15.5. The molecule has 0 aliphatic rings. The average Bonchev–Trinajstić information content (AvgIpc) is 3.03. The normalized spacial score (nSPS) is 11.5. The Labute approximate surface area is 153 Å². The number of halogens is 3. The minimum absolute atomic E-state index is 0.0678. The third-order valence-electron chi connectivity index (χ3n) is 3.88. The van der Waals surface area contributed by atoms with E-state index in [9.17, 15) is 10.0 Å². The molecule has 0 amide bonds. The van der Waals surface area contributed by atoms with Crippen LogP contribution in [0, 0.1) is 4.91 Å². The predicted octanol–water partition coefficient (Wildman–Crippen LogP) is 6.49. The van der Waals surface area contributed by atoms with Crippen molar-refractivity contribution in [3.05, 3.63) is 49.8 Å². The minimum atomic E-state index is -0.0678. The molecule has 0 saturated carbocycles. The molecule has 0 spiro atoms. The summed E-state index contributed by atoms with van der Waals surface area (Å²) in [6, 6.07) is 8.70. The summed E-state index contributed by atoms with van der Waals surface area (Å²) in [5, 5.41) is 15.5. The van der Waals surface area contributed by atoms with Gasteiger partial charge in [-0.05, 0) is 29.4 Å². The lowest BCUT2D eigenvalue weighted by Crippen LogP contribution is -1.77. The van der Waals surface area contributed by atoms with Gasteiger partial charge in [0.15, 0.2) is 5.88 Å². The molecule has 0 aliphatic carbocycles. The number of nitrogens with zero attached hydrogens (tertiary/aromatic N) is 1. The maximum Gasteiger partial charge on any atom is 0.199 e. The number of hydrogen-bond acceptors (Lipinski definition) is 3. The van der Waals surface area contributed by atoms with Gasteiger partial charge in [0.25, 0.3) is 0 Å². The summed E-state index contributed by atoms with van der Waals surface area (Å²) in [4.78, 5) is 17.4. The van der Waals surface area contributed by atoms with E-state index >= 15 is 0 Å². The van der Waals surface area contributed by atoms with Crippen LogP contribution in [-0.2, 0) is 0 Å². The fourth-order valence-corrected chi connectivity index (χ4v) is 3.79. The smallest absolute Gasteiger partial charge is 0.199 e. The largest absolute Gasteiger partial charge is 0.494 e. The average molecular weight is 425 g/mol. The van der Waals surface area contributed by atoms with Crippen LogP contribution in [-0.4, -0.2) is 15.1 Å². The first-order valence-corrected chi connectivity index (χ1v) is 8.39. The number of nitrogens with one attached hydrogen (secondary N) is 2. The Bertz CT molecular complexity index is 1130. The molecular weight excluding hydrogens is 417 g/mol. The Morgan fingerprint density at radius 2 is 1.88 bits per heavy atom. The van der Waals surface area contributed by atoms with Crippen molar-refractivity contribution < 1.29 is 5.11 Å². The molecule has 24 heavy (non-hydrogen) atoms. The SMILES string of the molecule is O=Nc1c(-c2c(O)[nH]c3cc(Br)ccc23)[nH]c2c(Cl)cc(Cl)cc12. The number of H-pyrrole nitrogens is 2. The number of fused-ring (bicyclic) bond motifs is 2. The summed E-state index contributed by atoms with van der Waals surface area (Å²) in [5.74, 6) is -0.0678. The molecule has 0 saturated heterocycles. The van der Waals surface area contributed by atoms with Crippen LogP contribution < -0.4 is 0 Å². The van der Waals surface area contributed by atoms with E-state index in [2.05, 4.69) is 31.1 Å². The molecule has 2 heterocycles. The Kier molecular flexibility index (Phi) is 3.56. The van der Waals surface area contributed by atoms with E-state index in [1.807, 2.05) is 18.2 Å². The zero-order valence-electron chi connectivity index (χ0n) is 11.8. The van der Waals surface area contributed by atoms with Gasteiger partial charge >= 0.3 is 0 Å². The highest BCUT2D eigenvalue weighted by Gasteiger charge is 2.22. The molecule has 0 radical (unpaired) electrons. The fraction of sp³-hybridized carbons (Fsp3) is 0. The van der Waals surface area contributed by atoms with Gasteiger partial charge in [0.1, 0.15) is 5.69 Å². The van der Waals surface area contributed by atoms with Crippen molar-refractivity contribution in [1.82, 2.24) is 9.97 Å². The molecule has 3 N–H and O–H groups in total. The summed E-state index contributed by atoms with van der Waals surface area (Å²) >= 11 is 15.6. The van der Waals surface area contributed by atoms with Gasteiger partial charge < -0.3 is 15.1 Å². The molecule has 0 fully saturated rings. The number of hydrogen-bond donors (Lipinski definition) is 3. The number of rotatable bonds is 2. The predicted molar refractivity (Wildman–Crippen MR) is 100 cm³/mol. The van der Waals surface area contributed by atoms with Crippen LogP contribution >= 0.6 is 39.1 Å². The van der Waals surface area contributed by atoms with Crippen molar-refractivity contribution in [2.24, 2.45) is 5.18 Å². The van der Waals surface area contributed by atoms with E-state index in [1.54, 1.807) is 12.1 Å². The summed E-state index contributed by atoms with van der Waals surface area (Å²) in [6.07, 6.45) is 0. The molecule has 2 aromatic heterocycles. The molecule has 0 atom stereocenters. The highest BCUT2D eigenvalue weighted by atomic mass is 79.9.